The summed E-state index contributed by atoms with van der Waals surface area (Å²) in [5.41, 5.74) is 2.67. The molecule has 1 aliphatic heterocycles. The average molecular weight is 381 g/mol. The van der Waals surface area contributed by atoms with Crippen LogP contribution in [0, 0.1) is 0 Å². The van der Waals surface area contributed by atoms with Gasteiger partial charge in [0, 0.05) is 33.7 Å². The number of hydrogen-bond acceptors (Lipinski definition) is 5. The number of rotatable bonds is 9. The van der Waals surface area contributed by atoms with Crippen LogP contribution in [-0.4, -0.2) is 57.0 Å². The predicted molar refractivity (Wildman–Crippen MR) is 110 cm³/mol. The number of carbonyl (C=O) groups is 1. The number of hydrogen-bond donors (Lipinski definition) is 0. The molecule has 0 aliphatic carbocycles. The molecule has 0 unspecified atom stereocenters. The van der Waals surface area contributed by atoms with Crippen LogP contribution in [0.3, 0.4) is 0 Å². The highest BCUT2D eigenvalue weighted by atomic mass is 16.5. The van der Waals surface area contributed by atoms with Crippen LogP contribution in [0.5, 0.6) is 0 Å². The molecule has 1 aliphatic rings. The molecule has 3 rings (SSSR count). The Labute approximate surface area is 166 Å². The fourth-order valence-corrected chi connectivity index (χ4v) is 3.29. The molecule has 0 spiro atoms. The van der Waals surface area contributed by atoms with Crippen molar-refractivity contribution in [2.75, 3.05) is 45.5 Å². The third-order valence-electron chi connectivity index (χ3n) is 4.78. The maximum Gasteiger partial charge on any atom is 0.270 e. The van der Waals surface area contributed by atoms with Crippen LogP contribution in [-0.2, 0) is 14.3 Å². The molecule has 6 nitrogen and oxygen atoms in total. The predicted octanol–water partition coefficient (Wildman–Crippen LogP) is 3.12. The molecule has 0 N–H and O–H groups in total. The summed E-state index contributed by atoms with van der Waals surface area (Å²) in [5.74, 6) is -0.0616. The van der Waals surface area contributed by atoms with Crippen LogP contribution >= 0.6 is 0 Å². The lowest BCUT2D eigenvalue weighted by Gasteiger charge is -2.23. The Morgan fingerprint density at radius 1 is 1.00 bits per heavy atom. The first-order valence-electron chi connectivity index (χ1n) is 9.48. The van der Waals surface area contributed by atoms with E-state index in [1.54, 1.807) is 19.1 Å². The van der Waals surface area contributed by atoms with E-state index in [2.05, 4.69) is 12.1 Å². The Morgan fingerprint density at radius 3 is 2.14 bits per heavy atom. The maximum atomic E-state index is 13.2. The van der Waals surface area contributed by atoms with Gasteiger partial charge in [-0.15, -0.1) is 0 Å². The van der Waals surface area contributed by atoms with Gasteiger partial charge in [0.05, 0.1) is 24.9 Å². The summed E-state index contributed by atoms with van der Waals surface area (Å²) < 4.78 is 10.3. The zero-order valence-corrected chi connectivity index (χ0v) is 16.5. The number of benzene rings is 2. The minimum atomic E-state index is -0.0616. The topological polar surface area (TPSA) is 54.4 Å². The van der Waals surface area contributed by atoms with E-state index in [0.717, 1.165) is 11.3 Å². The number of nitrogens with zero attached hydrogens (tertiary/aromatic N) is 3. The third-order valence-corrected chi connectivity index (χ3v) is 4.78. The highest BCUT2D eigenvalue weighted by Crippen LogP contribution is 2.35. The number of carbonyl (C=O) groups excluding carboxylic acids is 1. The SMILES string of the molecule is COCCN(CCOC)C(=O)C1=NN(c2ccccc2)[C@H](c2ccccc2)C1. The van der Waals surface area contributed by atoms with Crippen molar-refractivity contribution >= 4 is 17.3 Å². The molecule has 1 atom stereocenters. The summed E-state index contributed by atoms with van der Waals surface area (Å²) in [4.78, 5) is 14.9. The molecule has 1 heterocycles. The number of hydrazone groups is 1. The van der Waals surface area contributed by atoms with Gasteiger partial charge in [-0.25, -0.2) is 0 Å². The molecule has 1 amide bonds. The maximum absolute atomic E-state index is 13.2. The number of ether oxygens (including phenoxy) is 2. The van der Waals surface area contributed by atoms with Gasteiger partial charge in [0.25, 0.3) is 5.91 Å². The summed E-state index contributed by atoms with van der Waals surface area (Å²) in [6.07, 6.45) is 0.564. The molecule has 28 heavy (non-hydrogen) atoms. The monoisotopic (exact) mass is 381 g/mol. The average Bonchev–Trinajstić information content (AvgIpc) is 3.20. The lowest BCUT2D eigenvalue weighted by atomic mass is 10.0. The number of anilines is 1. The van der Waals surface area contributed by atoms with Gasteiger partial charge in [-0.3, -0.25) is 9.80 Å². The molecule has 2 aromatic carbocycles. The normalized spacial score (nSPS) is 16.1. The van der Waals surface area contributed by atoms with Gasteiger partial charge in [0.2, 0.25) is 0 Å². The Balaban J connectivity index is 1.86. The van der Waals surface area contributed by atoms with E-state index in [-0.39, 0.29) is 11.9 Å². The standard InChI is InChI=1S/C22H27N3O3/c1-27-15-13-24(14-16-28-2)22(26)20-17-21(18-9-5-3-6-10-18)25(23-20)19-11-7-4-8-12-19/h3-12,21H,13-17H2,1-2H3/t21-/m0/s1. The zero-order chi connectivity index (χ0) is 19.8. The van der Waals surface area contributed by atoms with Crippen molar-refractivity contribution in [1.82, 2.24) is 4.90 Å². The van der Waals surface area contributed by atoms with Gasteiger partial charge in [0.1, 0.15) is 5.71 Å². The number of para-hydroxylation sites is 1. The van der Waals surface area contributed by atoms with Gasteiger partial charge in [-0.1, -0.05) is 48.5 Å². The second kappa shape index (κ2) is 10.0. The Morgan fingerprint density at radius 2 is 1.57 bits per heavy atom. The van der Waals surface area contributed by atoms with Crippen LogP contribution in [0.2, 0.25) is 0 Å². The van der Waals surface area contributed by atoms with Gasteiger partial charge >= 0.3 is 0 Å². The van der Waals surface area contributed by atoms with Gasteiger partial charge < -0.3 is 14.4 Å². The minimum absolute atomic E-state index is 0.00532. The van der Waals surface area contributed by atoms with Crippen LogP contribution < -0.4 is 5.01 Å². The number of amides is 1. The van der Waals surface area contributed by atoms with Crippen molar-refractivity contribution in [1.29, 1.82) is 0 Å². The Bertz CT molecular complexity index is 772. The van der Waals surface area contributed by atoms with Crippen molar-refractivity contribution in [2.45, 2.75) is 12.5 Å². The first-order valence-corrected chi connectivity index (χ1v) is 9.48. The number of methoxy groups -OCH3 is 2. The summed E-state index contributed by atoms with van der Waals surface area (Å²) in [6.45, 7) is 1.98. The van der Waals surface area contributed by atoms with Crippen LogP contribution in [0.1, 0.15) is 18.0 Å². The first kappa shape index (κ1) is 20.0. The third kappa shape index (κ3) is 4.77. The summed E-state index contributed by atoms with van der Waals surface area (Å²) in [6, 6.07) is 20.2. The van der Waals surface area contributed by atoms with Gasteiger partial charge in [-0.2, -0.15) is 5.10 Å². The quantitative estimate of drug-likeness (QED) is 0.670. The fraction of sp³-hybridized carbons (Fsp3) is 0.364. The van der Waals surface area contributed by atoms with Gasteiger partial charge in [-0.05, 0) is 17.7 Å². The molecular formula is C22H27N3O3. The van der Waals surface area contributed by atoms with Crippen molar-refractivity contribution < 1.29 is 14.3 Å². The van der Waals surface area contributed by atoms with Crippen LogP contribution in [0.15, 0.2) is 65.8 Å². The lowest BCUT2D eigenvalue weighted by molar-refractivity contribution is -0.125. The van der Waals surface area contributed by atoms with E-state index in [4.69, 9.17) is 14.6 Å². The molecule has 0 saturated heterocycles. The minimum Gasteiger partial charge on any atom is -0.383 e. The van der Waals surface area contributed by atoms with Crippen molar-refractivity contribution in [3.63, 3.8) is 0 Å². The fourth-order valence-electron chi connectivity index (χ4n) is 3.29. The van der Waals surface area contributed by atoms with Crippen molar-refractivity contribution in [2.24, 2.45) is 5.10 Å². The Kier molecular flexibility index (Phi) is 7.17. The largest absolute Gasteiger partial charge is 0.383 e. The van der Waals surface area contributed by atoms with E-state index in [9.17, 15) is 4.79 Å². The van der Waals surface area contributed by atoms with E-state index in [1.807, 2.05) is 53.5 Å². The Hall–Kier alpha value is -2.70. The summed E-state index contributed by atoms with van der Waals surface area (Å²) in [7, 11) is 3.27. The molecule has 0 bridgehead atoms. The smallest absolute Gasteiger partial charge is 0.270 e. The second-order valence-corrected chi connectivity index (χ2v) is 6.64. The highest BCUT2D eigenvalue weighted by molar-refractivity contribution is 6.39. The lowest BCUT2D eigenvalue weighted by Crippen LogP contribution is -2.40. The van der Waals surface area contributed by atoms with E-state index in [0.29, 0.717) is 38.4 Å². The highest BCUT2D eigenvalue weighted by Gasteiger charge is 2.34. The van der Waals surface area contributed by atoms with E-state index >= 15 is 0 Å². The second-order valence-electron chi connectivity index (χ2n) is 6.64. The van der Waals surface area contributed by atoms with Crippen molar-refractivity contribution in [3.05, 3.63) is 66.2 Å². The molecule has 148 valence electrons. The summed E-state index contributed by atoms with van der Waals surface area (Å²) >= 11 is 0. The molecule has 2 aromatic rings. The van der Waals surface area contributed by atoms with E-state index < -0.39 is 0 Å². The molecule has 0 fully saturated rings. The molecule has 0 aromatic heterocycles. The molecule has 0 radical (unpaired) electrons. The van der Waals surface area contributed by atoms with Gasteiger partial charge in [0.15, 0.2) is 0 Å². The molecule has 6 heteroatoms. The van der Waals surface area contributed by atoms with E-state index in [1.165, 1.54) is 0 Å². The van der Waals surface area contributed by atoms with Crippen LogP contribution in [0.25, 0.3) is 0 Å². The molecule has 0 saturated carbocycles. The molecular weight excluding hydrogens is 354 g/mol. The zero-order valence-electron chi connectivity index (χ0n) is 16.5. The van der Waals surface area contributed by atoms with Crippen LogP contribution in [0.4, 0.5) is 5.69 Å². The summed E-state index contributed by atoms with van der Waals surface area (Å²) in [5, 5.41) is 6.68. The van der Waals surface area contributed by atoms with Crippen molar-refractivity contribution in [3.8, 4) is 0 Å². The first-order chi connectivity index (χ1) is 13.7.